The summed E-state index contributed by atoms with van der Waals surface area (Å²) in [5.74, 6) is 0.532. The number of rotatable bonds is 3. The Hall–Kier alpha value is -1.13. The van der Waals surface area contributed by atoms with Crippen molar-refractivity contribution in [1.82, 2.24) is 9.88 Å². The number of likely N-dealkylation sites (tertiary alicyclic amines) is 1. The van der Waals surface area contributed by atoms with Gasteiger partial charge in [0.05, 0.1) is 18.0 Å². The van der Waals surface area contributed by atoms with Crippen LogP contribution in [0.3, 0.4) is 0 Å². The fourth-order valence-electron chi connectivity index (χ4n) is 2.21. The van der Waals surface area contributed by atoms with Gasteiger partial charge in [-0.1, -0.05) is 0 Å². The van der Waals surface area contributed by atoms with Gasteiger partial charge in [-0.2, -0.15) is 0 Å². The highest BCUT2D eigenvalue weighted by Crippen LogP contribution is 2.27. The Labute approximate surface area is 109 Å². The molecule has 0 saturated carbocycles. The summed E-state index contributed by atoms with van der Waals surface area (Å²) in [7, 11) is 0. The van der Waals surface area contributed by atoms with E-state index in [1.54, 1.807) is 6.20 Å². The SMILES string of the molecule is CC(C)(C)OCN1CCC(c2cncc(N)c2)C1. The minimum atomic E-state index is -0.0726. The van der Waals surface area contributed by atoms with Crippen molar-refractivity contribution in [2.75, 3.05) is 25.6 Å². The molecule has 1 fully saturated rings. The number of ether oxygens (including phenoxy) is 1. The van der Waals surface area contributed by atoms with Crippen molar-refractivity contribution < 1.29 is 4.74 Å². The smallest absolute Gasteiger partial charge is 0.0997 e. The summed E-state index contributed by atoms with van der Waals surface area (Å²) in [6, 6.07) is 2.03. The third-order valence-electron chi connectivity index (χ3n) is 3.20. The molecule has 4 nitrogen and oxygen atoms in total. The Kier molecular flexibility index (Phi) is 3.88. The maximum Gasteiger partial charge on any atom is 0.0997 e. The molecule has 4 heteroatoms. The molecular weight excluding hydrogens is 226 g/mol. The molecule has 2 heterocycles. The standard InChI is InChI=1S/C14H23N3O/c1-14(2,3)18-10-17-5-4-11(9-17)12-6-13(15)8-16-7-12/h6-8,11H,4-5,9-10,15H2,1-3H3. The fraction of sp³-hybridized carbons (Fsp3) is 0.643. The van der Waals surface area contributed by atoms with E-state index in [1.165, 1.54) is 5.56 Å². The molecule has 1 saturated heterocycles. The largest absolute Gasteiger partial charge is 0.397 e. The molecule has 0 bridgehead atoms. The Balaban J connectivity index is 1.89. The van der Waals surface area contributed by atoms with E-state index in [1.807, 2.05) is 12.3 Å². The summed E-state index contributed by atoms with van der Waals surface area (Å²) in [5.41, 5.74) is 7.69. The van der Waals surface area contributed by atoms with Crippen molar-refractivity contribution in [3.63, 3.8) is 0 Å². The van der Waals surface area contributed by atoms with E-state index in [0.717, 1.165) is 25.2 Å². The second-order valence-electron chi connectivity index (χ2n) is 6.00. The van der Waals surface area contributed by atoms with Crippen molar-refractivity contribution in [1.29, 1.82) is 0 Å². The van der Waals surface area contributed by atoms with Gasteiger partial charge in [0.2, 0.25) is 0 Å². The number of anilines is 1. The van der Waals surface area contributed by atoms with Crippen LogP contribution in [0.1, 0.15) is 38.7 Å². The quantitative estimate of drug-likeness (QED) is 0.892. The average molecular weight is 249 g/mol. The van der Waals surface area contributed by atoms with E-state index >= 15 is 0 Å². The highest BCUT2D eigenvalue weighted by atomic mass is 16.5. The van der Waals surface area contributed by atoms with E-state index in [2.05, 4.69) is 30.7 Å². The van der Waals surface area contributed by atoms with Crippen LogP contribution in [0.2, 0.25) is 0 Å². The summed E-state index contributed by atoms with van der Waals surface area (Å²) < 4.78 is 5.81. The van der Waals surface area contributed by atoms with E-state index < -0.39 is 0 Å². The number of nitrogens with zero attached hydrogens (tertiary/aromatic N) is 2. The summed E-state index contributed by atoms with van der Waals surface area (Å²) in [5, 5.41) is 0. The van der Waals surface area contributed by atoms with Crippen LogP contribution in [-0.2, 0) is 4.74 Å². The lowest BCUT2D eigenvalue weighted by Gasteiger charge is -2.24. The van der Waals surface area contributed by atoms with Crippen LogP contribution in [0, 0.1) is 0 Å². The van der Waals surface area contributed by atoms with Crippen LogP contribution in [0.4, 0.5) is 5.69 Å². The molecule has 1 aromatic heterocycles. The van der Waals surface area contributed by atoms with Crippen molar-refractivity contribution in [3.8, 4) is 0 Å². The maximum absolute atomic E-state index is 5.81. The summed E-state index contributed by atoms with van der Waals surface area (Å²) >= 11 is 0. The van der Waals surface area contributed by atoms with Crippen molar-refractivity contribution in [3.05, 3.63) is 24.0 Å². The number of aromatic nitrogens is 1. The fourth-order valence-corrected chi connectivity index (χ4v) is 2.21. The van der Waals surface area contributed by atoms with Crippen molar-refractivity contribution in [2.45, 2.75) is 38.7 Å². The van der Waals surface area contributed by atoms with Crippen molar-refractivity contribution in [2.24, 2.45) is 0 Å². The van der Waals surface area contributed by atoms with Gasteiger partial charge < -0.3 is 10.5 Å². The Morgan fingerprint density at radius 1 is 1.44 bits per heavy atom. The minimum Gasteiger partial charge on any atom is -0.397 e. The second kappa shape index (κ2) is 5.24. The lowest BCUT2D eigenvalue weighted by atomic mass is 10.0. The molecule has 0 aromatic carbocycles. The molecule has 0 aliphatic carbocycles. The predicted molar refractivity (Wildman–Crippen MR) is 73.3 cm³/mol. The van der Waals surface area contributed by atoms with Gasteiger partial charge >= 0.3 is 0 Å². The molecule has 1 aromatic rings. The van der Waals surface area contributed by atoms with Gasteiger partial charge in [0.1, 0.15) is 0 Å². The first-order chi connectivity index (χ1) is 8.44. The van der Waals surface area contributed by atoms with Crippen LogP contribution in [0.15, 0.2) is 18.5 Å². The number of nitrogens with two attached hydrogens (primary N) is 1. The van der Waals surface area contributed by atoms with E-state index in [9.17, 15) is 0 Å². The third-order valence-corrected chi connectivity index (χ3v) is 3.20. The Bertz CT molecular complexity index is 400. The minimum absolute atomic E-state index is 0.0726. The molecule has 1 aliphatic rings. The number of nitrogen functional groups attached to an aromatic ring is 1. The predicted octanol–water partition coefficient (Wildman–Crippen LogP) is 2.23. The van der Waals surface area contributed by atoms with Gasteiger partial charge in [0.25, 0.3) is 0 Å². The van der Waals surface area contributed by atoms with Crippen LogP contribution >= 0.6 is 0 Å². The molecule has 1 unspecified atom stereocenters. The zero-order chi connectivity index (χ0) is 13.2. The van der Waals surface area contributed by atoms with E-state index in [4.69, 9.17) is 10.5 Å². The number of pyridine rings is 1. The second-order valence-corrected chi connectivity index (χ2v) is 6.00. The molecular formula is C14H23N3O. The maximum atomic E-state index is 5.81. The van der Waals surface area contributed by atoms with Gasteiger partial charge in [0.15, 0.2) is 0 Å². The molecule has 0 amide bonds. The van der Waals surface area contributed by atoms with Gasteiger partial charge in [-0.3, -0.25) is 9.88 Å². The number of hydrogen-bond donors (Lipinski definition) is 1. The van der Waals surface area contributed by atoms with Crippen LogP contribution in [0.25, 0.3) is 0 Å². The Morgan fingerprint density at radius 3 is 2.89 bits per heavy atom. The number of hydrogen-bond acceptors (Lipinski definition) is 4. The van der Waals surface area contributed by atoms with Gasteiger partial charge in [-0.05, 0) is 44.7 Å². The lowest BCUT2D eigenvalue weighted by molar-refractivity contribution is -0.0569. The molecule has 0 radical (unpaired) electrons. The van der Waals surface area contributed by atoms with E-state index in [0.29, 0.717) is 12.6 Å². The summed E-state index contributed by atoms with van der Waals surface area (Å²) in [6.45, 7) is 9.07. The molecule has 2 rings (SSSR count). The van der Waals surface area contributed by atoms with E-state index in [-0.39, 0.29) is 5.60 Å². The van der Waals surface area contributed by atoms with Crippen LogP contribution in [-0.4, -0.2) is 35.3 Å². The van der Waals surface area contributed by atoms with Crippen LogP contribution < -0.4 is 5.73 Å². The molecule has 1 atom stereocenters. The first-order valence-corrected chi connectivity index (χ1v) is 6.51. The monoisotopic (exact) mass is 249 g/mol. The van der Waals surface area contributed by atoms with Crippen molar-refractivity contribution >= 4 is 5.69 Å². The summed E-state index contributed by atoms with van der Waals surface area (Å²) in [6.07, 6.45) is 4.77. The highest BCUT2D eigenvalue weighted by Gasteiger charge is 2.25. The zero-order valence-corrected chi connectivity index (χ0v) is 11.5. The summed E-state index contributed by atoms with van der Waals surface area (Å²) in [4.78, 5) is 6.51. The third kappa shape index (κ3) is 3.68. The van der Waals surface area contributed by atoms with Crippen LogP contribution in [0.5, 0.6) is 0 Å². The average Bonchev–Trinajstić information content (AvgIpc) is 2.74. The van der Waals surface area contributed by atoms with Gasteiger partial charge in [0, 0.05) is 25.5 Å². The normalized spacial score (nSPS) is 21.4. The zero-order valence-electron chi connectivity index (χ0n) is 11.5. The molecule has 0 spiro atoms. The molecule has 2 N–H and O–H groups in total. The molecule has 18 heavy (non-hydrogen) atoms. The Morgan fingerprint density at radius 2 is 2.22 bits per heavy atom. The molecule has 1 aliphatic heterocycles. The first kappa shape index (κ1) is 13.3. The highest BCUT2D eigenvalue weighted by molar-refractivity contribution is 5.38. The molecule has 100 valence electrons. The first-order valence-electron chi connectivity index (χ1n) is 6.51. The van der Waals surface area contributed by atoms with Gasteiger partial charge in [-0.25, -0.2) is 0 Å². The topological polar surface area (TPSA) is 51.4 Å². The lowest BCUT2D eigenvalue weighted by Crippen LogP contribution is -2.30. The van der Waals surface area contributed by atoms with Gasteiger partial charge in [-0.15, -0.1) is 0 Å².